The highest BCUT2D eigenvalue weighted by molar-refractivity contribution is 7.17. The molecule has 192 valence electrons. The van der Waals surface area contributed by atoms with Crippen LogP contribution in [0.2, 0.25) is 0 Å². The summed E-state index contributed by atoms with van der Waals surface area (Å²) >= 11 is 1.41. The van der Waals surface area contributed by atoms with E-state index >= 15 is 0 Å². The van der Waals surface area contributed by atoms with Crippen LogP contribution in [0.1, 0.15) is 15.9 Å². The van der Waals surface area contributed by atoms with Crippen molar-refractivity contribution >= 4 is 44.8 Å². The maximum atomic E-state index is 12.6. The van der Waals surface area contributed by atoms with Gasteiger partial charge in [0.05, 0.1) is 24.1 Å². The van der Waals surface area contributed by atoms with Crippen LogP contribution >= 0.6 is 11.3 Å². The zero-order valence-electron chi connectivity index (χ0n) is 19.8. The van der Waals surface area contributed by atoms with E-state index in [0.29, 0.717) is 29.3 Å². The van der Waals surface area contributed by atoms with Crippen molar-refractivity contribution in [1.29, 1.82) is 0 Å². The van der Waals surface area contributed by atoms with Crippen LogP contribution in [0, 0.1) is 0 Å². The predicted octanol–water partition coefficient (Wildman–Crippen LogP) is 3.61. The summed E-state index contributed by atoms with van der Waals surface area (Å²) < 4.78 is 12.0. The van der Waals surface area contributed by atoms with Crippen LogP contribution in [0.4, 0.5) is 16.2 Å². The molecule has 0 saturated heterocycles. The lowest BCUT2D eigenvalue weighted by Crippen LogP contribution is -2.29. The molecule has 2 heterocycles. The van der Waals surface area contributed by atoms with Crippen molar-refractivity contribution in [3.63, 3.8) is 0 Å². The minimum Gasteiger partial charge on any atom is -0.489 e. The number of pyridine rings is 1. The summed E-state index contributed by atoms with van der Waals surface area (Å²) in [6, 6.07) is 14.1. The number of nitrogens with zero attached hydrogens (tertiary/aromatic N) is 1. The fourth-order valence-corrected chi connectivity index (χ4v) is 4.40. The number of fused-ring (bicyclic) bond motifs is 1. The summed E-state index contributed by atoms with van der Waals surface area (Å²) in [6.07, 6.45) is 2.49. The summed E-state index contributed by atoms with van der Waals surface area (Å²) in [6.45, 7) is 0.635. The van der Waals surface area contributed by atoms with Crippen LogP contribution in [-0.2, 0) is 6.61 Å². The molecular formula is C26H26N4O6S. The van der Waals surface area contributed by atoms with Gasteiger partial charge in [-0.2, -0.15) is 0 Å². The minimum atomic E-state index is -0.664. The maximum Gasteiger partial charge on any atom is 0.412 e. The van der Waals surface area contributed by atoms with Gasteiger partial charge < -0.3 is 35.6 Å². The second kappa shape index (κ2) is 12.7. The summed E-state index contributed by atoms with van der Waals surface area (Å²) in [4.78, 5) is 28.7. The number of thiophene rings is 1. The Morgan fingerprint density at radius 3 is 2.57 bits per heavy atom. The Morgan fingerprint density at radius 2 is 1.78 bits per heavy atom. The largest absolute Gasteiger partial charge is 0.489 e. The van der Waals surface area contributed by atoms with E-state index in [2.05, 4.69) is 20.9 Å². The van der Waals surface area contributed by atoms with Gasteiger partial charge in [0.15, 0.2) is 5.75 Å². The molecule has 10 nitrogen and oxygen atoms in total. The van der Waals surface area contributed by atoms with Crippen molar-refractivity contribution in [3.8, 4) is 11.5 Å². The molecule has 4 aromatic rings. The normalized spacial score (nSPS) is 10.6. The molecule has 2 amide bonds. The third kappa shape index (κ3) is 6.94. The Balaban J connectivity index is 1.38. The van der Waals surface area contributed by atoms with Crippen molar-refractivity contribution in [2.24, 2.45) is 0 Å². The third-order valence-electron chi connectivity index (χ3n) is 5.19. The molecule has 2 aromatic carbocycles. The van der Waals surface area contributed by atoms with Crippen LogP contribution in [0.5, 0.6) is 11.5 Å². The third-order valence-corrected chi connectivity index (χ3v) is 6.25. The van der Waals surface area contributed by atoms with E-state index in [4.69, 9.17) is 19.7 Å². The van der Waals surface area contributed by atoms with Gasteiger partial charge >= 0.3 is 6.09 Å². The van der Waals surface area contributed by atoms with E-state index in [1.165, 1.54) is 17.5 Å². The SMILES string of the molecule is O=C(NCCO)Oc1cncc2c(COc3cccc(NC(=O)c4ccc(NCCO)cc4)c3)csc12. The first kappa shape index (κ1) is 25.9. The smallest absolute Gasteiger partial charge is 0.412 e. The number of amides is 2. The molecule has 2 aromatic heterocycles. The summed E-state index contributed by atoms with van der Waals surface area (Å²) in [5.41, 5.74) is 2.78. The van der Waals surface area contributed by atoms with Crippen molar-refractivity contribution in [1.82, 2.24) is 10.3 Å². The van der Waals surface area contributed by atoms with Crippen LogP contribution in [0.3, 0.4) is 0 Å². The molecule has 0 atom stereocenters. The second-order valence-electron chi connectivity index (χ2n) is 7.81. The number of benzene rings is 2. The lowest BCUT2D eigenvalue weighted by atomic mass is 10.2. The second-order valence-corrected chi connectivity index (χ2v) is 8.69. The molecule has 0 aliphatic heterocycles. The zero-order valence-corrected chi connectivity index (χ0v) is 20.6. The van der Waals surface area contributed by atoms with Crippen LogP contribution < -0.4 is 25.4 Å². The highest BCUT2D eigenvalue weighted by Crippen LogP contribution is 2.33. The Hall–Kier alpha value is -4.19. The number of rotatable bonds is 11. The maximum absolute atomic E-state index is 12.6. The molecule has 0 aliphatic rings. The number of nitrogens with one attached hydrogen (secondary N) is 3. The average molecular weight is 523 g/mol. The van der Waals surface area contributed by atoms with Gasteiger partial charge in [-0.3, -0.25) is 9.78 Å². The number of hydrogen-bond acceptors (Lipinski definition) is 9. The van der Waals surface area contributed by atoms with E-state index in [9.17, 15) is 9.59 Å². The molecule has 0 aliphatic carbocycles. The number of carbonyl (C=O) groups is 2. The van der Waals surface area contributed by atoms with Crippen molar-refractivity contribution in [3.05, 3.63) is 77.4 Å². The molecule has 0 radical (unpaired) electrons. The lowest BCUT2D eigenvalue weighted by molar-refractivity contribution is 0.102. The number of aliphatic hydroxyl groups is 2. The van der Waals surface area contributed by atoms with Gasteiger partial charge in [0.1, 0.15) is 12.4 Å². The fourth-order valence-electron chi connectivity index (χ4n) is 3.42. The van der Waals surface area contributed by atoms with E-state index < -0.39 is 6.09 Å². The van der Waals surface area contributed by atoms with Crippen LogP contribution in [0.25, 0.3) is 10.1 Å². The van der Waals surface area contributed by atoms with Crippen LogP contribution in [0.15, 0.2) is 66.3 Å². The molecule has 0 spiro atoms. The Bertz CT molecular complexity index is 1360. The molecule has 37 heavy (non-hydrogen) atoms. The number of ether oxygens (including phenoxy) is 2. The first-order valence-corrected chi connectivity index (χ1v) is 12.3. The lowest BCUT2D eigenvalue weighted by Gasteiger charge is -2.10. The van der Waals surface area contributed by atoms with Gasteiger partial charge in [-0.15, -0.1) is 11.3 Å². The Labute approximate surface area is 216 Å². The summed E-state index contributed by atoms with van der Waals surface area (Å²) in [5.74, 6) is 0.645. The Morgan fingerprint density at radius 1 is 0.973 bits per heavy atom. The number of carbonyl (C=O) groups excluding carboxylic acids is 2. The summed E-state index contributed by atoms with van der Waals surface area (Å²) in [5, 5.41) is 28.8. The van der Waals surface area contributed by atoms with Crippen molar-refractivity contribution < 1.29 is 29.3 Å². The molecule has 0 bridgehead atoms. The van der Waals surface area contributed by atoms with Gasteiger partial charge in [-0.1, -0.05) is 6.07 Å². The average Bonchev–Trinajstić information content (AvgIpc) is 3.34. The van der Waals surface area contributed by atoms with Gasteiger partial charge in [-0.05, 0) is 41.8 Å². The number of anilines is 2. The van der Waals surface area contributed by atoms with Gasteiger partial charge in [0.25, 0.3) is 5.91 Å². The van der Waals surface area contributed by atoms with Gasteiger partial charge in [0, 0.05) is 53.2 Å². The van der Waals surface area contributed by atoms with E-state index in [1.54, 1.807) is 54.7 Å². The zero-order chi connectivity index (χ0) is 26.0. The minimum absolute atomic E-state index is 0.0282. The van der Waals surface area contributed by atoms with E-state index in [-0.39, 0.29) is 32.3 Å². The first-order chi connectivity index (χ1) is 18.1. The molecule has 0 unspecified atom stereocenters. The Kier molecular flexibility index (Phi) is 8.87. The summed E-state index contributed by atoms with van der Waals surface area (Å²) in [7, 11) is 0. The van der Waals surface area contributed by atoms with Gasteiger partial charge in [-0.25, -0.2) is 4.79 Å². The van der Waals surface area contributed by atoms with E-state index in [0.717, 1.165) is 21.3 Å². The molecule has 11 heteroatoms. The predicted molar refractivity (Wildman–Crippen MR) is 141 cm³/mol. The van der Waals surface area contributed by atoms with E-state index in [1.807, 2.05) is 5.38 Å². The topological polar surface area (TPSA) is 142 Å². The highest BCUT2D eigenvalue weighted by Gasteiger charge is 2.14. The molecule has 0 fully saturated rings. The first-order valence-electron chi connectivity index (χ1n) is 11.5. The van der Waals surface area contributed by atoms with Crippen LogP contribution in [-0.4, -0.2) is 53.5 Å². The number of aromatic nitrogens is 1. The highest BCUT2D eigenvalue weighted by atomic mass is 32.1. The molecule has 0 saturated carbocycles. The quantitative estimate of drug-likeness (QED) is 0.201. The standard InChI is InChI=1S/C26H26N4O6S/c31-10-8-28-19-6-4-17(5-7-19)25(33)30-20-2-1-3-21(12-20)35-15-18-16-37-24-22(18)13-27-14-23(24)36-26(34)29-9-11-32/h1-7,12-14,16,28,31-32H,8-11,15H2,(H,29,34)(H,30,33). The van der Waals surface area contributed by atoms with Crippen molar-refractivity contribution in [2.45, 2.75) is 6.61 Å². The fraction of sp³-hybridized carbons (Fsp3) is 0.192. The number of hydrogen-bond donors (Lipinski definition) is 5. The van der Waals surface area contributed by atoms with Gasteiger partial charge in [0.2, 0.25) is 0 Å². The molecular weight excluding hydrogens is 496 g/mol. The number of aliphatic hydroxyl groups excluding tert-OH is 2. The van der Waals surface area contributed by atoms with Crippen molar-refractivity contribution in [2.75, 3.05) is 36.9 Å². The molecule has 4 rings (SSSR count). The monoisotopic (exact) mass is 522 g/mol. The molecule has 5 N–H and O–H groups in total.